The fourth-order valence-electron chi connectivity index (χ4n) is 1.08. The Morgan fingerprint density at radius 2 is 1.45 bits per heavy atom. The van der Waals surface area contributed by atoms with Crippen molar-refractivity contribution in [3.63, 3.8) is 0 Å². The van der Waals surface area contributed by atoms with Crippen LogP contribution in [-0.4, -0.2) is 7.42 Å². The molecule has 0 radical (unpaired) electrons. The predicted molar refractivity (Wildman–Crippen MR) is 57.0 cm³/mol. The minimum atomic E-state index is -1.28. The largest absolute Gasteiger partial charge is 0.237 e. The van der Waals surface area contributed by atoms with E-state index in [9.17, 15) is 0 Å². The summed E-state index contributed by atoms with van der Waals surface area (Å²) >= 11 is 11.4. The summed E-state index contributed by atoms with van der Waals surface area (Å²) in [6, 6.07) is 1.09. The van der Waals surface area contributed by atoms with Crippen LogP contribution in [0.15, 0.2) is 0 Å². The van der Waals surface area contributed by atoms with E-state index in [2.05, 4.69) is 6.92 Å². The predicted octanol–water partition coefficient (Wildman–Crippen LogP) is 4.05. The lowest BCUT2D eigenvalue weighted by Crippen LogP contribution is -1.90. The molecule has 0 aliphatic rings. The average Bonchev–Trinajstić information content (AvgIpc) is 1.96. The molecule has 0 heterocycles. The Labute approximate surface area is 81.3 Å². The van der Waals surface area contributed by atoms with Crippen molar-refractivity contribution in [3.05, 3.63) is 0 Å². The maximum Gasteiger partial charge on any atom is 0.237 e. The molecule has 11 heavy (non-hydrogen) atoms. The standard InChI is InChI=1S/C8H18Cl2Si/c1-2-3-4-5-6-7-8-11(9)10/h11H,2-8H2,1H3. The van der Waals surface area contributed by atoms with Crippen molar-refractivity contribution in [2.24, 2.45) is 0 Å². The van der Waals surface area contributed by atoms with Crippen LogP contribution in [0.1, 0.15) is 45.4 Å². The van der Waals surface area contributed by atoms with Crippen LogP contribution in [0.3, 0.4) is 0 Å². The van der Waals surface area contributed by atoms with E-state index in [-0.39, 0.29) is 0 Å². The minimum absolute atomic E-state index is 1.09. The Morgan fingerprint density at radius 3 is 2.00 bits per heavy atom. The molecule has 0 spiro atoms. The first-order valence-electron chi connectivity index (χ1n) is 4.55. The number of rotatable bonds is 7. The van der Waals surface area contributed by atoms with E-state index in [1.807, 2.05) is 0 Å². The molecule has 68 valence electrons. The van der Waals surface area contributed by atoms with E-state index in [4.69, 9.17) is 22.2 Å². The summed E-state index contributed by atoms with van der Waals surface area (Å²) in [5.41, 5.74) is 0. The Balaban J connectivity index is 2.80. The zero-order valence-electron chi connectivity index (χ0n) is 7.28. The lowest BCUT2D eigenvalue weighted by atomic mass is 10.1. The van der Waals surface area contributed by atoms with Crippen LogP contribution in [0, 0.1) is 0 Å². The van der Waals surface area contributed by atoms with E-state index in [1.54, 1.807) is 0 Å². The first kappa shape index (κ1) is 11.8. The molecule has 0 bridgehead atoms. The molecule has 0 atom stereocenters. The molecule has 0 aromatic heterocycles. The maximum atomic E-state index is 5.72. The third-order valence-corrected chi connectivity index (χ3v) is 3.93. The van der Waals surface area contributed by atoms with Crippen molar-refractivity contribution in [1.82, 2.24) is 0 Å². The van der Waals surface area contributed by atoms with Crippen LogP contribution in [0.4, 0.5) is 0 Å². The van der Waals surface area contributed by atoms with Gasteiger partial charge in [-0.05, 0) is 6.04 Å². The van der Waals surface area contributed by atoms with Crippen molar-refractivity contribution >= 4 is 29.6 Å². The molecule has 0 aliphatic carbocycles. The fourth-order valence-corrected chi connectivity index (χ4v) is 2.60. The number of hydrogen-bond acceptors (Lipinski definition) is 0. The molecule has 0 aromatic carbocycles. The van der Waals surface area contributed by atoms with E-state index < -0.39 is 7.42 Å². The highest BCUT2D eigenvalue weighted by Gasteiger charge is 1.99. The summed E-state index contributed by atoms with van der Waals surface area (Å²) in [7, 11) is -1.28. The summed E-state index contributed by atoms with van der Waals surface area (Å²) in [6.07, 6.45) is 8.01. The Hall–Kier alpha value is 0.797. The molecule has 0 unspecified atom stereocenters. The molecule has 0 aromatic rings. The van der Waals surface area contributed by atoms with Gasteiger partial charge in [-0.25, -0.2) is 0 Å². The third kappa shape index (κ3) is 10.8. The van der Waals surface area contributed by atoms with Crippen molar-refractivity contribution in [2.45, 2.75) is 51.5 Å². The topological polar surface area (TPSA) is 0 Å². The lowest BCUT2D eigenvalue weighted by molar-refractivity contribution is 0.624. The van der Waals surface area contributed by atoms with Gasteiger partial charge in [0.15, 0.2) is 0 Å². The molecule has 0 N–H and O–H groups in total. The highest BCUT2D eigenvalue weighted by atomic mass is 35.7. The minimum Gasteiger partial charge on any atom is -0.150 e. The molecule has 0 saturated heterocycles. The van der Waals surface area contributed by atoms with Gasteiger partial charge in [-0.3, -0.25) is 0 Å². The van der Waals surface area contributed by atoms with Crippen molar-refractivity contribution in [2.75, 3.05) is 0 Å². The number of halogens is 2. The zero-order valence-corrected chi connectivity index (χ0v) is 9.95. The Kier molecular flexibility index (Phi) is 9.53. The van der Waals surface area contributed by atoms with Gasteiger partial charge in [0.25, 0.3) is 0 Å². The SMILES string of the molecule is CCCCCCCC[SiH](Cl)Cl. The van der Waals surface area contributed by atoms with Crippen LogP contribution in [-0.2, 0) is 0 Å². The molecule has 3 heteroatoms. The van der Waals surface area contributed by atoms with Crippen LogP contribution >= 0.6 is 22.2 Å². The van der Waals surface area contributed by atoms with Crippen molar-refractivity contribution in [3.8, 4) is 0 Å². The van der Waals surface area contributed by atoms with E-state index >= 15 is 0 Å². The molecule has 0 saturated carbocycles. The van der Waals surface area contributed by atoms with E-state index in [0.29, 0.717) is 0 Å². The highest BCUT2D eigenvalue weighted by Crippen LogP contribution is 2.12. The maximum absolute atomic E-state index is 5.72. The number of hydrogen-bond donors (Lipinski definition) is 0. The van der Waals surface area contributed by atoms with Gasteiger partial charge in [0.1, 0.15) is 0 Å². The first-order chi connectivity index (χ1) is 5.27. The fraction of sp³-hybridized carbons (Fsp3) is 1.00. The van der Waals surface area contributed by atoms with Crippen molar-refractivity contribution < 1.29 is 0 Å². The van der Waals surface area contributed by atoms with Gasteiger partial charge in [0, 0.05) is 0 Å². The van der Waals surface area contributed by atoms with E-state index in [1.165, 1.54) is 38.5 Å². The van der Waals surface area contributed by atoms with Gasteiger partial charge < -0.3 is 0 Å². The molecule has 0 amide bonds. The van der Waals surface area contributed by atoms with Gasteiger partial charge in [0.05, 0.1) is 0 Å². The van der Waals surface area contributed by atoms with Crippen molar-refractivity contribution in [1.29, 1.82) is 0 Å². The van der Waals surface area contributed by atoms with E-state index in [0.717, 1.165) is 6.04 Å². The van der Waals surface area contributed by atoms with Gasteiger partial charge in [0.2, 0.25) is 7.42 Å². The van der Waals surface area contributed by atoms with Gasteiger partial charge in [-0.15, -0.1) is 0 Å². The average molecular weight is 213 g/mol. The second-order valence-electron chi connectivity index (χ2n) is 2.95. The van der Waals surface area contributed by atoms with Crippen LogP contribution < -0.4 is 0 Å². The Morgan fingerprint density at radius 1 is 0.909 bits per heavy atom. The highest BCUT2D eigenvalue weighted by molar-refractivity contribution is 7.33. The van der Waals surface area contributed by atoms with Crippen LogP contribution in [0.25, 0.3) is 0 Å². The van der Waals surface area contributed by atoms with Crippen LogP contribution in [0.5, 0.6) is 0 Å². The second-order valence-corrected chi connectivity index (χ2v) is 8.14. The zero-order chi connectivity index (χ0) is 8.53. The molecular formula is C8H18Cl2Si. The summed E-state index contributed by atoms with van der Waals surface area (Å²) < 4.78 is 0. The summed E-state index contributed by atoms with van der Waals surface area (Å²) in [6.45, 7) is 2.24. The van der Waals surface area contributed by atoms with Gasteiger partial charge in [-0.1, -0.05) is 45.4 Å². The second kappa shape index (κ2) is 8.89. The molecule has 0 aliphatic heterocycles. The quantitative estimate of drug-likeness (QED) is 0.340. The van der Waals surface area contributed by atoms with Gasteiger partial charge in [-0.2, -0.15) is 22.2 Å². The number of unbranched alkanes of at least 4 members (excludes halogenated alkanes) is 5. The van der Waals surface area contributed by atoms with Crippen LogP contribution in [0.2, 0.25) is 6.04 Å². The summed E-state index contributed by atoms with van der Waals surface area (Å²) in [5, 5.41) is 0. The lowest BCUT2D eigenvalue weighted by Gasteiger charge is -1.99. The smallest absolute Gasteiger partial charge is 0.150 e. The molecule has 0 nitrogen and oxygen atoms in total. The Bertz CT molecular complexity index is 76.5. The first-order valence-corrected chi connectivity index (χ1v) is 8.86. The molecule has 0 rings (SSSR count). The summed E-state index contributed by atoms with van der Waals surface area (Å²) in [5.74, 6) is 0. The normalized spacial score (nSPS) is 10.9. The summed E-state index contributed by atoms with van der Waals surface area (Å²) in [4.78, 5) is 0. The third-order valence-electron chi connectivity index (χ3n) is 1.78. The monoisotopic (exact) mass is 212 g/mol. The molecular weight excluding hydrogens is 195 g/mol. The van der Waals surface area contributed by atoms with Gasteiger partial charge >= 0.3 is 0 Å². The molecule has 0 fully saturated rings.